The van der Waals surface area contributed by atoms with E-state index in [9.17, 15) is 9.59 Å². The highest BCUT2D eigenvalue weighted by Crippen LogP contribution is 2.18. The fraction of sp³-hybridized carbons (Fsp3) is 0.167. The van der Waals surface area contributed by atoms with Gasteiger partial charge >= 0.3 is 11.8 Å². The van der Waals surface area contributed by atoms with E-state index < -0.39 is 5.91 Å². The minimum Gasteiger partial charge on any atom is -0.485 e. The lowest BCUT2D eigenvalue weighted by atomic mass is 10.3. The molecule has 0 atom stereocenters. The van der Waals surface area contributed by atoms with Gasteiger partial charge in [0.15, 0.2) is 6.61 Å². The van der Waals surface area contributed by atoms with Crippen LogP contribution in [0, 0.1) is 0 Å². The van der Waals surface area contributed by atoms with Crippen LogP contribution in [-0.4, -0.2) is 26.9 Å². The van der Waals surface area contributed by atoms with E-state index in [0.29, 0.717) is 17.1 Å². The Morgan fingerprint density at radius 1 is 1.19 bits per heavy atom. The van der Waals surface area contributed by atoms with Crippen LogP contribution in [0.5, 0.6) is 5.75 Å². The molecule has 9 heteroatoms. The zero-order valence-corrected chi connectivity index (χ0v) is 14.5. The van der Waals surface area contributed by atoms with Crippen LogP contribution >= 0.6 is 0 Å². The molecule has 2 N–H and O–H groups in total. The van der Waals surface area contributed by atoms with Crippen LogP contribution in [-0.2, 0) is 17.9 Å². The van der Waals surface area contributed by atoms with Crippen LogP contribution < -0.4 is 15.4 Å². The summed E-state index contributed by atoms with van der Waals surface area (Å²) in [4.78, 5) is 31.2. The Bertz CT molecular complexity index is 926. The van der Waals surface area contributed by atoms with Crippen LogP contribution in [0.2, 0.25) is 0 Å². The summed E-state index contributed by atoms with van der Waals surface area (Å²) in [5.74, 6) is -0.0784. The third kappa shape index (κ3) is 5.36. The molecule has 0 saturated heterocycles. The summed E-state index contributed by atoms with van der Waals surface area (Å²) < 4.78 is 10.5. The fourth-order valence-electron chi connectivity index (χ4n) is 2.17. The first-order valence-electron chi connectivity index (χ1n) is 8.11. The van der Waals surface area contributed by atoms with E-state index in [-0.39, 0.29) is 30.8 Å². The Balaban J connectivity index is 1.53. The number of carbonyl (C=O) groups excluding carboxylic acids is 2. The van der Waals surface area contributed by atoms with Gasteiger partial charge in [-0.15, -0.1) is 0 Å². The molecule has 0 aliphatic carbocycles. The molecule has 0 bridgehead atoms. The minimum absolute atomic E-state index is 0.0144. The molecule has 0 unspecified atom stereocenters. The Hall–Kier alpha value is -3.75. The Kier molecular flexibility index (Phi) is 5.73. The first-order chi connectivity index (χ1) is 13.1. The molecule has 2 heterocycles. The quantitative estimate of drug-likeness (QED) is 0.655. The van der Waals surface area contributed by atoms with Gasteiger partial charge in [-0.2, -0.15) is 4.98 Å². The lowest BCUT2D eigenvalue weighted by Gasteiger charge is -2.06. The first kappa shape index (κ1) is 18.1. The van der Waals surface area contributed by atoms with Gasteiger partial charge in [0.05, 0.1) is 12.2 Å². The smallest absolute Gasteiger partial charge is 0.316 e. The number of anilines is 1. The molecule has 3 aromatic rings. The average molecular weight is 367 g/mol. The summed E-state index contributed by atoms with van der Waals surface area (Å²) in [5.41, 5.74) is 1.33. The Labute approximate surface area is 154 Å². The van der Waals surface area contributed by atoms with Crippen molar-refractivity contribution in [2.24, 2.45) is 0 Å². The summed E-state index contributed by atoms with van der Waals surface area (Å²) in [6.07, 6.45) is 1.64. The third-order valence-corrected chi connectivity index (χ3v) is 3.34. The second kappa shape index (κ2) is 8.56. The van der Waals surface area contributed by atoms with E-state index >= 15 is 0 Å². The molecule has 0 saturated carbocycles. The number of amides is 2. The van der Waals surface area contributed by atoms with E-state index in [2.05, 4.69) is 25.8 Å². The highest BCUT2D eigenvalue weighted by atomic mass is 16.5. The van der Waals surface area contributed by atoms with Crippen molar-refractivity contribution in [1.29, 1.82) is 0 Å². The van der Waals surface area contributed by atoms with Gasteiger partial charge in [-0.05, 0) is 24.3 Å². The molecule has 2 amide bonds. The largest absolute Gasteiger partial charge is 0.485 e. The van der Waals surface area contributed by atoms with Gasteiger partial charge in [0.2, 0.25) is 11.7 Å². The molecule has 3 rings (SSSR count). The summed E-state index contributed by atoms with van der Waals surface area (Å²) in [5, 5.41) is 9.03. The van der Waals surface area contributed by atoms with Crippen molar-refractivity contribution in [3.8, 4) is 5.75 Å². The van der Waals surface area contributed by atoms with Crippen molar-refractivity contribution < 1.29 is 18.8 Å². The molecule has 1 aromatic carbocycles. The zero-order valence-electron chi connectivity index (χ0n) is 14.5. The van der Waals surface area contributed by atoms with Gasteiger partial charge in [-0.25, -0.2) is 0 Å². The number of hydrogen-bond acceptors (Lipinski definition) is 7. The molecule has 0 fully saturated rings. The number of benzene rings is 1. The second-order valence-electron chi connectivity index (χ2n) is 5.52. The van der Waals surface area contributed by atoms with E-state index in [1.54, 1.807) is 42.6 Å². The third-order valence-electron chi connectivity index (χ3n) is 3.34. The van der Waals surface area contributed by atoms with E-state index in [4.69, 9.17) is 9.26 Å². The maximum atomic E-state index is 12.0. The van der Waals surface area contributed by atoms with Crippen LogP contribution in [0.1, 0.15) is 29.1 Å². The van der Waals surface area contributed by atoms with Gasteiger partial charge < -0.3 is 19.9 Å². The van der Waals surface area contributed by atoms with E-state index in [1.807, 2.05) is 6.07 Å². The number of aromatic nitrogens is 3. The SMILES string of the molecule is CC(=O)Nc1cccc(OCc2noc(C(=O)NCc3ccccn3)n2)c1. The number of carbonyl (C=O) groups is 2. The van der Waals surface area contributed by atoms with Gasteiger partial charge in [0.25, 0.3) is 0 Å². The normalized spacial score (nSPS) is 10.3. The summed E-state index contributed by atoms with van der Waals surface area (Å²) in [6, 6.07) is 12.3. The molecule has 0 radical (unpaired) electrons. The van der Waals surface area contributed by atoms with Crippen LogP contribution in [0.25, 0.3) is 0 Å². The lowest BCUT2D eigenvalue weighted by Crippen LogP contribution is -2.23. The Morgan fingerprint density at radius 2 is 2.07 bits per heavy atom. The number of hydrogen-bond donors (Lipinski definition) is 2. The highest BCUT2D eigenvalue weighted by Gasteiger charge is 2.15. The Morgan fingerprint density at radius 3 is 2.85 bits per heavy atom. The monoisotopic (exact) mass is 367 g/mol. The summed E-state index contributed by atoms with van der Waals surface area (Å²) in [6.45, 7) is 1.69. The van der Waals surface area contributed by atoms with Gasteiger partial charge in [-0.1, -0.05) is 17.3 Å². The van der Waals surface area contributed by atoms with Gasteiger partial charge in [0.1, 0.15) is 5.75 Å². The number of pyridine rings is 1. The zero-order chi connectivity index (χ0) is 19.1. The molecule has 0 spiro atoms. The van der Waals surface area contributed by atoms with Gasteiger partial charge in [0, 0.05) is 24.9 Å². The average Bonchev–Trinajstić information content (AvgIpc) is 3.14. The predicted octanol–water partition coefficient (Wildman–Crippen LogP) is 1.93. The number of ether oxygens (including phenoxy) is 1. The summed E-state index contributed by atoms with van der Waals surface area (Å²) in [7, 11) is 0. The van der Waals surface area contributed by atoms with Crippen molar-refractivity contribution >= 4 is 17.5 Å². The topological polar surface area (TPSA) is 119 Å². The van der Waals surface area contributed by atoms with Crippen molar-refractivity contribution in [2.45, 2.75) is 20.1 Å². The number of rotatable bonds is 7. The number of nitrogens with one attached hydrogen (secondary N) is 2. The van der Waals surface area contributed by atoms with Crippen molar-refractivity contribution in [1.82, 2.24) is 20.4 Å². The lowest BCUT2D eigenvalue weighted by molar-refractivity contribution is -0.114. The molecular weight excluding hydrogens is 350 g/mol. The molecule has 0 aliphatic heterocycles. The fourth-order valence-corrected chi connectivity index (χ4v) is 2.17. The van der Waals surface area contributed by atoms with Crippen LogP contribution in [0.15, 0.2) is 53.2 Å². The van der Waals surface area contributed by atoms with Crippen LogP contribution in [0.4, 0.5) is 5.69 Å². The van der Waals surface area contributed by atoms with Crippen molar-refractivity contribution in [2.75, 3.05) is 5.32 Å². The maximum Gasteiger partial charge on any atom is 0.316 e. The van der Waals surface area contributed by atoms with Crippen molar-refractivity contribution in [3.05, 3.63) is 66.1 Å². The first-order valence-corrected chi connectivity index (χ1v) is 8.11. The molecule has 27 heavy (non-hydrogen) atoms. The summed E-state index contributed by atoms with van der Waals surface area (Å²) >= 11 is 0. The van der Waals surface area contributed by atoms with Gasteiger partial charge in [-0.3, -0.25) is 14.6 Å². The number of nitrogens with zero attached hydrogens (tertiary/aromatic N) is 3. The molecule has 9 nitrogen and oxygen atoms in total. The van der Waals surface area contributed by atoms with Crippen LogP contribution in [0.3, 0.4) is 0 Å². The predicted molar refractivity (Wildman–Crippen MR) is 94.8 cm³/mol. The molecule has 2 aromatic heterocycles. The minimum atomic E-state index is -0.493. The second-order valence-corrected chi connectivity index (χ2v) is 5.52. The molecule has 0 aliphatic rings. The highest BCUT2D eigenvalue weighted by molar-refractivity contribution is 5.89. The van der Waals surface area contributed by atoms with E-state index in [0.717, 1.165) is 0 Å². The standard InChI is InChI=1S/C18H17N5O4/c1-12(24)21-13-6-4-7-15(9-13)26-11-16-22-18(27-23-16)17(25)20-10-14-5-2-3-8-19-14/h2-9H,10-11H2,1H3,(H,20,25)(H,21,24). The van der Waals surface area contributed by atoms with E-state index in [1.165, 1.54) is 6.92 Å². The molecular formula is C18H17N5O4. The maximum absolute atomic E-state index is 12.0. The molecule has 138 valence electrons. The van der Waals surface area contributed by atoms with Crippen molar-refractivity contribution in [3.63, 3.8) is 0 Å².